The molecule has 0 radical (unpaired) electrons. The number of pyridine rings is 1. The van der Waals surface area contributed by atoms with Crippen molar-refractivity contribution in [3.8, 4) is 11.3 Å². The number of anilines is 1. The van der Waals surface area contributed by atoms with Gasteiger partial charge in [-0.15, -0.1) is 5.10 Å². The Morgan fingerprint density at radius 2 is 1.86 bits per heavy atom. The van der Waals surface area contributed by atoms with E-state index < -0.39 is 0 Å². The monoisotopic (exact) mass is 498 g/mol. The number of piperidine rings is 1. The summed E-state index contributed by atoms with van der Waals surface area (Å²) < 4.78 is 1.87. The summed E-state index contributed by atoms with van der Waals surface area (Å²) in [5, 5.41) is 13.8. The van der Waals surface area contributed by atoms with Crippen LogP contribution in [-0.2, 0) is 6.42 Å². The van der Waals surface area contributed by atoms with Crippen LogP contribution in [0.5, 0.6) is 0 Å². The number of Topliss-reactive ketones (excluding diaryl/α,β-unsaturated/α-hetero) is 1. The molecule has 0 bridgehead atoms. The number of ketones is 1. The molecule has 3 aromatic heterocycles. The third kappa shape index (κ3) is 5.83. The molecule has 5 rings (SSSR count). The van der Waals surface area contributed by atoms with Gasteiger partial charge in [-0.25, -0.2) is 9.67 Å². The molecule has 0 atom stereocenters. The van der Waals surface area contributed by atoms with Gasteiger partial charge in [-0.05, 0) is 58.1 Å². The number of likely N-dealkylation sites (tertiary alicyclic amines) is 1. The number of aromatic nitrogens is 6. The number of carbonyl (C=O) groups excluding carboxylic acids is 1. The highest BCUT2D eigenvalue weighted by Gasteiger charge is 2.24. The van der Waals surface area contributed by atoms with Crippen LogP contribution < -0.4 is 5.32 Å². The molecule has 1 fully saturated rings. The minimum Gasteiger partial charge on any atom is -0.367 e. The van der Waals surface area contributed by atoms with Crippen LogP contribution in [0.2, 0.25) is 0 Å². The van der Waals surface area contributed by atoms with Crippen molar-refractivity contribution >= 4 is 22.4 Å². The summed E-state index contributed by atoms with van der Waals surface area (Å²) in [4.78, 5) is 29.0. The number of hydrogen-bond acceptors (Lipinski definition) is 8. The number of hydrogen-bond donors (Lipinski definition) is 1. The highest BCUT2D eigenvalue weighted by atomic mass is 16.1. The third-order valence-electron chi connectivity index (χ3n) is 6.89. The molecule has 0 aliphatic carbocycles. The van der Waals surface area contributed by atoms with Crippen molar-refractivity contribution < 1.29 is 4.79 Å². The van der Waals surface area contributed by atoms with Gasteiger partial charge in [-0.1, -0.05) is 17.3 Å². The molecule has 9 nitrogen and oxygen atoms in total. The predicted molar refractivity (Wildman–Crippen MR) is 145 cm³/mol. The van der Waals surface area contributed by atoms with E-state index in [0.717, 1.165) is 53.8 Å². The summed E-state index contributed by atoms with van der Waals surface area (Å²) in [5.41, 5.74) is 2.85. The Balaban J connectivity index is 1.29. The van der Waals surface area contributed by atoms with Crippen LogP contribution in [0, 0.1) is 0 Å². The van der Waals surface area contributed by atoms with Gasteiger partial charge >= 0.3 is 0 Å². The number of nitrogens with one attached hydrogen (secondary N) is 1. The molecule has 1 aliphatic heterocycles. The minimum absolute atomic E-state index is 0.0767. The topological polar surface area (TPSA) is 102 Å². The molecule has 37 heavy (non-hydrogen) atoms. The summed E-state index contributed by atoms with van der Waals surface area (Å²) in [6, 6.07) is 9.18. The van der Waals surface area contributed by atoms with Crippen molar-refractivity contribution in [2.75, 3.05) is 18.4 Å². The van der Waals surface area contributed by atoms with Crippen LogP contribution in [0.1, 0.15) is 62.8 Å². The van der Waals surface area contributed by atoms with Crippen LogP contribution >= 0.6 is 0 Å². The first kappa shape index (κ1) is 25.0. The first-order chi connectivity index (χ1) is 17.9. The molecule has 4 aromatic rings. The fourth-order valence-electron chi connectivity index (χ4n) is 4.82. The summed E-state index contributed by atoms with van der Waals surface area (Å²) in [7, 11) is 0. The number of nitrogens with zero attached hydrogens (tertiary/aromatic N) is 7. The Bertz CT molecular complexity index is 1390. The Morgan fingerprint density at radius 1 is 1.05 bits per heavy atom. The number of carbonyl (C=O) groups is 1. The van der Waals surface area contributed by atoms with Crippen LogP contribution in [0.3, 0.4) is 0 Å². The van der Waals surface area contributed by atoms with Gasteiger partial charge in [-0.3, -0.25) is 14.8 Å². The lowest BCUT2D eigenvalue weighted by Crippen LogP contribution is -2.39. The molecule has 0 unspecified atom stereocenters. The van der Waals surface area contributed by atoms with Gasteiger partial charge in [0.15, 0.2) is 5.78 Å². The zero-order chi connectivity index (χ0) is 25.9. The SMILES string of the molecule is CC(C)Nc1cncc(-c2ccc3cnc(CC(=O)c4cn(C5CCN(C(C)C)CC5)nn4)cc3c2)n1. The van der Waals surface area contributed by atoms with Crippen molar-refractivity contribution in [1.82, 2.24) is 34.8 Å². The van der Waals surface area contributed by atoms with E-state index in [9.17, 15) is 4.79 Å². The summed E-state index contributed by atoms with van der Waals surface area (Å²) in [6.07, 6.45) is 9.31. The average Bonchev–Trinajstić information content (AvgIpc) is 3.39. The molecule has 0 spiro atoms. The molecule has 0 amide bonds. The number of fused-ring (bicyclic) bond motifs is 1. The fourth-order valence-corrected chi connectivity index (χ4v) is 4.82. The van der Waals surface area contributed by atoms with Crippen LogP contribution in [0.4, 0.5) is 5.82 Å². The average molecular weight is 499 g/mol. The predicted octanol–water partition coefficient (Wildman–Crippen LogP) is 4.57. The van der Waals surface area contributed by atoms with Gasteiger partial charge in [0.1, 0.15) is 11.5 Å². The van der Waals surface area contributed by atoms with E-state index >= 15 is 0 Å². The molecular formula is C28H34N8O. The smallest absolute Gasteiger partial charge is 0.190 e. The third-order valence-corrected chi connectivity index (χ3v) is 6.89. The van der Waals surface area contributed by atoms with Gasteiger partial charge < -0.3 is 10.2 Å². The van der Waals surface area contributed by atoms with E-state index in [1.54, 1.807) is 18.6 Å². The second-order valence-electron chi connectivity index (χ2n) is 10.4. The van der Waals surface area contributed by atoms with Crippen molar-refractivity contribution in [2.45, 2.75) is 65.1 Å². The summed E-state index contributed by atoms with van der Waals surface area (Å²) >= 11 is 0. The lowest BCUT2D eigenvalue weighted by Gasteiger charge is -2.34. The largest absolute Gasteiger partial charge is 0.367 e. The molecule has 1 aromatic carbocycles. The van der Waals surface area contributed by atoms with E-state index in [2.05, 4.69) is 64.3 Å². The zero-order valence-electron chi connectivity index (χ0n) is 21.9. The molecule has 4 heterocycles. The first-order valence-electron chi connectivity index (χ1n) is 13.0. The van der Waals surface area contributed by atoms with E-state index in [1.165, 1.54) is 0 Å². The lowest BCUT2D eigenvalue weighted by molar-refractivity contribution is 0.0987. The van der Waals surface area contributed by atoms with Crippen molar-refractivity contribution in [3.63, 3.8) is 0 Å². The van der Waals surface area contributed by atoms with E-state index in [-0.39, 0.29) is 18.2 Å². The maximum Gasteiger partial charge on any atom is 0.190 e. The van der Waals surface area contributed by atoms with Crippen LogP contribution in [0.25, 0.3) is 22.0 Å². The van der Waals surface area contributed by atoms with E-state index in [4.69, 9.17) is 4.98 Å². The summed E-state index contributed by atoms with van der Waals surface area (Å²) in [6.45, 7) is 10.7. The number of benzene rings is 1. The van der Waals surface area contributed by atoms with Gasteiger partial charge in [0.05, 0.1) is 36.7 Å². The highest BCUT2D eigenvalue weighted by Crippen LogP contribution is 2.25. The standard InChI is InChI=1S/C28H34N8O/c1-18(2)31-28-16-29-15-25(32-28)20-5-6-21-14-30-23(12-22(21)11-20)13-27(37)26-17-36(34-33-26)24-7-9-35(10-8-24)19(3)4/h5-6,11-12,14-19,24H,7-10,13H2,1-4H3,(H,31,32). The molecule has 192 valence electrons. The van der Waals surface area contributed by atoms with Gasteiger partial charge in [0.2, 0.25) is 0 Å². The van der Waals surface area contributed by atoms with Gasteiger partial charge in [0, 0.05) is 48.0 Å². The molecule has 1 N–H and O–H groups in total. The van der Waals surface area contributed by atoms with Crippen molar-refractivity contribution in [3.05, 3.63) is 60.4 Å². The van der Waals surface area contributed by atoms with Crippen molar-refractivity contribution in [1.29, 1.82) is 0 Å². The van der Waals surface area contributed by atoms with E-state index in [1.807, 2.05) is 29.1 Å². The lowest BCUT2D eigenvalue weighted by atomic mass is 10.0. The Labute approximate surface area is 217 Å². The Morgan fingerprint density at radius 3 is 2.62 bits per heavy atom. The molecule has 0 saturated carbocycles. The molecule has 9 heteroatoms. The quantitative estimate of drug-likeness (QED) is 0.353. The second-order valence-corrected chi connectivity index (χ2v) is 10.4. The minimum atomic E-state index is -0.0767. The normalized spacial score (nSPS) is 15.1. The molecule has 1 aliphatic rings. The second kappa shape index (κ2) is 10.7. The first-order valence-corrected chi connectivity index (χ1v) is 13.0. The van der Waals surface area contributed by atoms with E-state index in [0.29, 0.717) is 23.5 Å². The summed E-state index contributed by atoms with van der Waals surface area (Å²) in [5.74, 6) is 0.666. The number of rotatable bonds is 8. The highest BCUT2D eigenvalue weighted by molar-refractivity contribution is 5.96. The van der Waals surface area contributed by atoms with Gasteiger partial charge in [-0.2, -0.15) is 0 Å². The zero-order valence-corrected chi connectivity index (χ0v) is 21.9. The maximum absolute atomic E-state index is 13.0. The fraction of sp³-hybridized carbons (Fsp3) is 0.429. The Hall–Kier alpha value is -3.72. The maximum atomic E-state index is 13.0. The molecule has 1 saturated heterocycles. The molecular weight excluding hydrogens is 464 g/mol. The van der Waals surface area contributed by atoms with Crippen LogP contribution in [-0.4, -0.2) is 65.8 Å². The van der Waals surface area contributed by atoms with Crippen LogP contribution in [0.15, 0.2) is 49.1 Å². The Kier molecular flexibility index (Phi) is 7.23. The van der Waals surface area contributed by atoms with Crippen molar-refractivity contribution in [2.24, 2.45) is 0 Å². The van der Waals surface area contributed by atoms with Gasteiger partial charge in [0.25, 0.3) is 0 Å².